The number of alkyl halides is 3. The first-order valence-corrected chi connectivity index (χ1v) is 13.4. The van der Waals surface area contributed by atoms with Gasteiger partial charge in [0.05, 0.1) is 22.5 Å². The van der Waals surface area contributed by atoms with Crippen molar-refractivity contribution in [1.29, 1.82) is 0 Å². The van der Waals surface area contributed by atoms with E-state index in [1.165, 1.54) is 11.8 Å². The second-order valence-electron chi connectivity index (χ2n) is 8.43. The molecule has 2 atom stereocenters. The summed E-state index contributed by atoms with van der Waals surface area (Å²) in [5.41, 5.74) is -0.929. The monoisotopic (exact) mass is 547 g/mol. The molecule has 2 rings (SSSR count). The second-order valence-corrected chi connectivity index (χ2v) is 10.7. The number of sulfonamides is 1. The molecule has 0 unspecified atom stereocenters. The summed E-state index contributed by atoms with van der Waals surface area (Å²) in [6.45, 7) is 4.30. The molecule has 7 nitrogen and oxygen atoms in total. The summed E-state index contributed by atoms with van der Waals surface area (Å²) in [7, 11) is -4.24. The van der Waals surface area contributed by atoms with Crippen LogP contribution in [-0.2, 0) is 32.3 Å². The van der Waals surface area contributed by atoms with Gasteiger partial charge in [-0.1, -0.05) is 48.9 Å². The van der Waals surface area contributed by atoms with E-state index in [-0.39, 0.29) is 17.6 Å². The van der Waals surface area contributed by atoms with Crippen LogP contribution in [0.4, 0.5) is 18.9 Å². The predicted octanol–water partition coefficient (Wildman–Crippen LogP) is 4.46. The largest absolute Gasteiger partial charge is 0.416 e. The third kappa shape index (κ3) is 7.86. The molecule has 2 amide bonds. The lowest BCUT2D eigenvalue weighted by Gasteiger charge is -2.32. The van der Waals surface area contributed by atoms with Gasteiger partial charge >= 0.3 is 6.18 Å². The van der Waals surface area contributed by atoms with Crippen molar-refractivity contribution in [3.63, 3.8) is 0 Å². The highest BCUT2D eigenvalue weighted by Crippen LogP contribution is 2.36. The van der Waals surface area contributed by atoms with Gasteiger partial charge < -0.3 is 10.2 Å². The number of rotatable bonds is 10. The van der Waals surface area contributed by atoms with E-state index in [4.69, 9.17) is 11.6 Å². The minimum Gasteiger partial charge on any atom is -0.352 e. The molecular formula is C24H29ClF3N3O4S. The smallest absolute Gasteiger partial charge is 0.352 e. The molecule has 0 saturated heterocycles. The summed E-state index contributed by atoms with van der Waals surface area (Å²) in [4.78, 5) is 27.5. The zero-order chi connectivity index (χ0) is 27.3. The second kappa shape index (κ2) is 12.0. The number of carbonyl (C=O) groups excluding carboxylic acids is 2. The van der Waals surface area contributed by atoms with Crippen LogP contribution in [0.5, 0.6) is 0 Å². The number of nitrogens with zero attached hydrogens (tertiary/aromatic N) is 2. The first kappa shape index (κ1) is 29.4. The van der Waals surface area contributed by atoms with Crippen molar-refractivity contribution >= 4 is 39.1 Å². The molecule has 0 heterocycles. The summed E-state index contributed by atoms with van der Waals surface area (Å²) < 4.78 is 65.6. The maximum Gasteiger partial charge on any atom is 0.416 e. The van der Waals surface area contributed by atoms with Gasteiger partial charge in [0.15, 0.2) is 0 Å². The molecule has 0 radical (unpaired) electrons. The topological polar surface area (TPSA) is 86.8 Å². The van der Waals surface area contributed by atoms with E-state index in [1.807, 2.05) is 6.92 Å². The molecule has 1 N–H and O–H groups in total. The lowest BCUT2D eigenvalue weighted by molar-refractivity contribution is -0.139. The fourth-order valence-electron chi connectivity index (χ4n) is 3.30. The molecule has 2 aromatic rings. The molecule has 0 saturated carbocycles. The molecule has 0 aliphatic heterocycles. The molecule has 2 aromatic carbocycles. The maximum absolute atomic E-state index is 13.4. The number of carbonyl (C=O) groups is 2. The van der Waals surface area contributed by atoms with Crippen LogP contribution < -0.4 is 9.62 Å². The Morgan fingerprint density at radius 1 is 1.08 bits per heavy atom. The molecule has 198 valence electrons. The number of halogens is 4. The molecule has 36 heavy (non-hydrogen) atoms. The van der Waals surface area contributed by atoms with Gasteiger partial charge in [0.2, 0.25) is 21.8 Å². The van der Waals surface area contributed by atoms with Gasteiger partial charge in [-0.15, -0.1) is 0 Å². The first-order valence-electron chi connectivity index (χ1n) is 11.1. The standard InChI is InChI=1S/C24H29ClF3N3O4S/c1-5-16(2)29-23(33)17(3)30(14-18-9-7-6-8-10-18)22(32)15-31(36(4,34)35)21-13-19(24(26,27)28)11-12-20(21)25/h6-13,16-17H,5,14-15H2,1-4H3,(H,29,33)/t16-,17+/m0/s1. The average Bonchev–Trinajstić information content (AvgIpc) is 2.80. The number of amides is 2. The number of nitrogens with one attached hydrogen (secondary N) is 1. The van der Waals surface area contributed by atoms with E-state index in [2.05, 4.69) is 5.32 Å². The highest BCUT2D eigenvalue weighted by Gasteiger charge is 2.34. The van der Waals surface area contributed by atoms with Gasteiger partial charge in [0, 0.05) is 12.6 Å². The Balaban J connectivity index is 2.47. The maximum atomic E-state index is 13.4. The number of benzene rings is 2. The fraction of sp³-hybridized carbons (Fsp3) is 0.417. The van der Waals surface area contributed by atoms with Gasteiger partial charge in [-0.25, -0.2) is 8.42 Å². The van der Waals surface area contributed by atoms with Gasteiger partial charge in [-0.3, -0.25) is 13.9 Å². The van der Waals surface area contributed by atoms with Gasteiger partial charge in [0.25, 0.3) is 0 Å². The summed E-state index contributed by atoms with van der Waals surface area (Å²) in [6.07, 6.45) is -3.34. The minimum absolute atomic E-state index is 0.0251. The van der Waals surface area contributed by atoms with Crippen molar-refractivity contribution in [2.45, 2.75) is 52.0 Å². The lowest BCUT2D eigenvalue weighted by atomic mass is 10.1. The molecule has 0 spiro atoms. The minimum atomic E-state index is -4.76. The molecule has 0 bridgehead atoms. The van der Waals surface area contributed by atoms with Crippen LogP contribution in [0.1, 0.15) is 38.3 Å². The van der Waals surface area contributed by atoms with E-state index >= 15 is 0 Å². The van der Waals surface area contributed by atoms with Crippen LogP contribution in [0, 0.1) is 0 Å². The number of hydrogen-bond donors (Lipinski definition) is 1. The third-order valence-corrected chi connectivity index (χ3v) is 7.03. The molecule has 0 aliphatic carbocycles. The van der Waals surface area contributed by atoms with Gasteiger partial charge in [-0.2, -0.15) is 13.2 Å². The van der Waals surface area contributed by atoms with Crippen molar-refractivity contribution in [3.8, 4) is 0 Å². The Hall–Kier alpha value is -2.79. The van der Waals surface area contributed by atoms with Crippen molar-refractivity contribution < 1.29 is 31.2 Å². The van der Waals surface area contributed by atoms with E-state index in [9.17, 15) is 31.2 Å². The van der Waals surface area contributed by atoms with Crippen molar-refractivity contribution in [1.82, 2.24) is 10.2 Å². The van der Waals surface area contributed by atoms with Gasteiger partial charge in [0.1, 0.15) is 12.6 Å². The average molecular weight is 548 g/mol. The van der Waals surface area contributed by atoms with Crippen molar-refractivity contribution in [3.05, 3.63) is 64.7 Å². The van der Waals surface area contributed by atoms with E-state index in [1.54, 1.807) is 37.3 Å². The number of hydrogen-bond acceptors (Lipinski definition) is 4. The van der Waals surface area contributed by atoms with Crippen LogP contribution in [0.25, 0.3) is 0 Å². The highest BCUT2D eigenvalue weighted by molar-refractivity contribution is 7.92. The third-order valence-electron chi connectivity index (χ3n) is 5.59. The Kier molecular flexibility index (Phi) is 9.78. The van der Waals surface area contributed by atoms with Crippen LogP contribution in [0.15, 0.2) is 48.5 Å². The van der Waals surface area contributed by atoms with Crippen LogP contribution in [-0.4, -0.2) is 50.0 Å². The van der Waals surface area contributed by atoms with E-state index < -0.39 is 51.9 Å². The van der Waals surface area contributed by atoms with Crippen molar-refractivity contribution in [2.75, 3.05) is 17.1 Å². The summed E-state index contributed by atoms with van der Waals surface area (Å²) in [6, 6.07) is 9.79. The van der Waals surface area contributed by atoms with E-state index in [0.717, 1.165) is 18.4 Å². The first-order chi connectivity index (χ1) is 16.6. The molecular weight excluding hydrogens is 519 g/mol. The molecule has 0 aliphatic rings. The summed E-state index contributed by atoms with van der Waals surface area (Å²) >= 11 is 6.06. The Morgan fingerprint density at radius 2 is 1.69 bits per heavy atom. The Bertz CT molecular complexity index is 1180. The normalized spacial score (nSPS) is 13.6. The SMILES string of the molecule is CC[C@H](C)NC(=O)[C@@H](C)N(Cc1ccccc1)C(=O)CN(c1cc(C(F)(F)F)ccc1Cl)S(C)(=O)=O. The van der Waals surface area contributed by atoms with E-state index in [0.29, 0.717) is 22.4 Å². The number of anilines is 1. The van der Waals surface area contributed by atoms with Crippen molar-refractivity contribution in [2.24, 2.45) is 0 Å². The zero-order valence-corrected chi connectivity index (χ0v) is 21.9. The Morgan fingerprint density at radius 3 is 2.22 bits per heavy atom. The predicted molar refractivity (Wildman–Crippen MR) is 133 cm³/mol. The van der Waals surface area contributed by atoms with Crippen LogP contribution >= 0.6 is 11.6 Å². The summed E-state index contributed by atoms with van der Waals surface area (Å²) in [5.74, 6) is -1.24. The van der Waals surface area contributed by atoms with Crippen LogP contribution in [0.2, 0.25) is 5.02 Å². The molecule has 0 fully saturated rings. The molecule has 12 heteroatoms. The fourth-order valence-corrected chi connectivity index (χ4v) is 4.43. The highest BCUT2D eigenvalue weighted by atomic mass is 35.5. The zero-order valence-electron chi connectivity index (χ0n) is 20.3. The summed E-state index contributed by atoms with van der Waals surface area (Å²) in [5, 5.41) is 2.51. The quantitative estimate of drug-likeness (QED) is 0.476. The molecule has 0 aromatic heterocycles. The lowest BCUT2D eigenvalue weighted by Crippen LogP contribution is -2.52. The van der Waals surface area contributed by atoms with Gasteiger partial charge in [-0.05, 0) is 44.0 Å². The Labute approximate surface area is 214 Å². The van der Waals surface area contributed by atoms with Crippen LogP contribution in [0.3, 0.4) is 0 Å².